The first-order valence-corrected chi connectivity index (χ1v) is 7.53. The smallest absolute Gasteiger partial charge is 0.137 e. The van der Waals surface area contributed by atoms with Crippen molar-refractivity contribution in [3.63, 3.8) is 0 Å². The SMILES string of the molecule is CCCc1nc(NCC)c(C)c(N(CCO)C(C)C)n1. The molecule has 0 fully saturated rings. The highest BCUT2D eigenvalue weighted by Crippen LogP contribution is 2.25. The van der Waals surface area contributed by atoms with Crippen LogP contribution in [0.1, 0.15) is 45.5 Å². The predicted molar refractivity (Wildman–Crippen MR) is 84.5 cm³/mol. The van der Waals surface area contributed by atoms with Crippen molar-refractivity contribution in [1.82, 2.24) is 9.97 Å². The minimum absolute atomic E-state index is 0.126. The Morgan fingerprint density at radius 2 is 1.95 bits per heavy atom. The summed E-state index contributed by atoms with van der Waals surface area (Å²) in [5, 5.41) is 12.6. The first-order valence-electron chi connectivity index (χ1n) is 7.53. The molecule has 1 aromatic heterocycles. The molecular weight excluding hydrogens is 252 g/mol. The van der Waals surface area contributed by atoms with E-state index in [1.165, 1.54) is 0 Å². The van der Waals surface area contributed by atoms with E-state index in [4.69, 9.17) is 4.98 Å². The molecule has 5 heteroatoms. The summed E-state index contributed by atoms with van der Waals surface area (Å²) < 4.78 is 0. The molecule has 0 aliphatic rings. The molecule has 20 heavy (non-hydrogen) atoms. The summed E-state index contributed by atoms with van der Waals surface area (Å²) >= 11 is 0. The Morgan fingerprint density at radius 1 is 1.25 bits per heavy atom. The maximum atomic E-state index is 9.28. The molecular formula is C15H28N4O. The van der Waals surface area contributed by atoms with Gasteiger partial charge in [0.2, 0.25) is 0 Å². The van der Waals surface area contributed by atoms with Crippen LogP contribution in [-0.4, -0.2) is 40.8 Å². The zero-order valence-corrected chi connectivity index (χ0v) is 13.4. The highest BCUT2D eigenvalue weighted by Gasteiger charge is 2.18. The first-order chi connectivity index (χ1) is 9.54. The Bertz CT molecular complexity index is 421. The van der Waals surface area contributed by atoms with E-state index in [1.54, 1.807) is 0 Å². The van der Waals surface area contributed by atoms with Crippen molar-refractivity contribution in [2.75, 3.05) is 29.9 Å². The minimum atomic E-state index is 0.126. The highest BCUT2D eigenvalue weighted by atomic mass is 16.3. The van der Waals surface area contributed by atoms with E-state index in [-0.39, 0.29) is 6.61 Å². The molecule has 0 saturated carbocycles. The molecule has 0 radical (unpaired) electrons. The molecule has 0 amide bonds. The van der Waals surface area contributed by atoms with Gasteiger partial charge >= 0.3 is 0 Å². The van der Waals surface area contributed by atoms with Crippen molar-refractivity contribution in [3.05, 3.63) is 11.4 Å². The van der Waals surface area contributed by atoms with Crippen LogP contribution < -0.4 is 10.2 Å². The maximum Gasteiger partial charge on any atom is 0.137 e. The number of nitrogens with one attached hydrogen (secondary N) is 1. The van der Waals surface area contributed by atoms with E-state index in [9.17, 15) is 5.11 Å². The van der Waals surface area contributed by atoms with E-state index in [2.05, 4.69) is 42.9 Å². The topological polar surface area (TPSA) is 61.3 Å². The number of hydrogen-bond acceptors (Lipinski definition) is 5. The second kappa shape index (κ2) is 8.04. The van der Waals surface area contributed by atoms with Crippen LogP contribution in [0.15, 0.2) is 0 Å². The van der Waals surface area contributed by atoms with Crippen molar-refractivity contribution in [2.45, 2.75) is 53.5 Å². The van der Waals surface area contributed by atoms with Crippen LogP contribution in [0.2, 0.25) is 0 Å². The summed E-state index contributed by atoms with van der Waals surface area (Å²) in [5.74, 6) is 2.71. The fourth-order valence-corrected chi connectivity index (χ4v) is 2.22. The van der Waals surface area contributed by atoms with Crippen LogP contribution in [0.25, 0.3) is 0 Å². The Labute approximate surface area is 122 Å². The van der Waals surface area contributed by atoms with Crippen molar-refractivity contribution in [3.8, 4) is 0 Å². The van der Waals surface area contributed by atoms with Gasteiger partial charge in [0.1, 0.15) is 17.5 Å². The summed E-state index contributed by atoms with van der Waals surface area (Å²) in [6.45, 7) is 12.0. The predicted octanol–water partition coefficient (Wildman–Crippen LogP) is 2.38. The molecule has 5 nitrogen and oxygen atoms in total. The molecule has 0 saturated heterocycles. The van der Waals surface area contributed by atoms with Crippen molar-refractivity contribution >= 4 is 11.6 Å². The quantitative estimate of drug-likeness (QED) is 0.765. The lowest BCUT2D eigenvalue weighted by Gasteiger charge is -2.29. The lowest BCUT2D eigenvalue weighted by Crippen LogP contribution is -2.35. The lowest BCUT2D eigenvalue weighted by molar-refractivity contribution is 0.298. The van der Waals surface area contributed by atoms with Crippen molar-refractivity contribution < 1.29 is 5.11 Å². The maximum absolute atomic E-state index is 9.28. The van der Waals surface area contributed by atoms with E-state index in [0.29, 0.717) is 12.6 Å². The molecule has 0 spiro atoms. The minimum Gasteiger partial charge on any atom is -0.395 e. The highest BCUT2D eigenvalue weighted by molar-refractivity contribution is 5.59. The number of rotatable bonds is 8. The van der Waals surface area contributed by atoms with Gasteiger partial charge in [0.05, 0.1) is 6.61 Å². The van der Waals surface area contributed by atoms with Gasteiger partial charge in [-0.3, -0.25) is 0 Å². The van der Waals surface area contributed by atoms with Crippen LogP contribution in [0, 0.1) is 6.92 Å². The Hall–Kier alpha value is -1.36. The molecule has 0 unspecified atom stereocenters. The summed E-state index contributed by atoms with van der Waals surface area (Å²) in [7, 11) is 0. The van der Waals surface area contributed by atoms with E-state index in [1.807, 2.05) is 6.92 Å². The second-order valence-electron chi connectivity index (χ2n) is 5.23. The Morgan fingerprint density at radius 3 is 2.45 bits per heavy atom. The van der Waals surface area contributed by atoms with Gasteiger partial charge in [0.25, 0.3) is 0 Å². The fraction of sp³-hybridized carbons (Fsp3) is 0.733. The number of aliphatic hydroxyl groups is 1. The van der Waals surface area contributed by atoms with Crippen LogP contribution in [0.5, 0.6) is 0 Å². The van der Waals surface area contributed by atoms with Crippen LogP contribution in [0.3, 0.4) is 0 Å². The molecule has 1 heterocycles. The third kappa shape index (κ3) is 4.07. The zero-order chi connectivity index (χ0) is 15.1. The lowest BCUT2D eigenvalue weighted by atomic mass is 10.2. The van der Waals surface area contributed by atoms with Gasteiger partial charge in [-0.15, -0.1) is 0 Å². The standard InChI is InChI=1S/C15H28N4O/c1-6-8-13-17-14(16-7-2)12(5)15(18-13)19(9-10-20)11(3)4/h11,20H,6-10H2,1-5H3,(H,16,17,18). The van der Waals surface area contributed by atoms with Gasteiger partial charge in [-0.1, -0.05) is 6.92 Å². The van der Waals surface area contributed by atoms with Gasteiger partial charge in [0, 0.05) is 31.1 Å². The molecule has 0 aliphatic carbocycles. The Kier molecular flexibility index (Phi) is 6.71. The number of aryl methyl sites for hydroxylation is 1. The van der Waals surface area contributed by atoms with E-state index < -0.39 is 0 Å². The summed E-state index contributed by atoms with van der Waals surface area (Å²) in [4.78, 5) is 11.4. The number of hydrogen-bond donors (Lipinski definition) is 2. The molecule has 1 aromatic rings. The number of aliphatic hydroxyl groups excluding tert-OH is 1. The number of anilines is 2. The molecule has 2 N–H and O–H groups in total. The molecule has 0 aliphatic heterocycles. The fourth-order valence-electron chi connectivity index (χ4n) is 2.22. The second-order valence-corrected chi connectivity index (χ2v) is 5.23. The third-order valence-electron chi connectivity index (χ3n) is 3.22. The van der Waals surface area contributed by atoms with Crippen LogP contribution in [0.4, 0.5) is 11.6 Å². The number of aromatic nitrogens is 2. The Balaban J connectivity index is 3.26. The van der Waals surface area contributed by atoms with Crippen molar-refractivity contribution in [1.29, 1.82) is 0 Å². The van der Waals surface area contributed by atoms with Gasteiger partial charge in [-0.25, -0.2) is 9.97 Å². The van der Waals surface area contributed by atoms with Crippen LogP contribution in [-0.2, 0) is 6.42 Å². The average molecular weight is 280 g/mol. The molecule has 0 atom stereocenters. The average Bonchev–Trinajstić information content (AvgIpc) is 2.40. The van der Waals surface area contributed by atoms with E-state index in [0.717, 1.165) is 42.4 Å². The summed E-state index contributed by atoms with van der Waals surface area (Å²) in [6.07, 6.45) is 1.90. The van der Waals surface area contributed by atoms with Gasteiger partial charge in [-0.05, 0) is 34.1 Å². The van der Waals surface area contributed by atoms with E-state index >= 15 is 0 Å². The van der Waals surface area contributed by atoms with Crippen LogP contribution >= 0.6 is 0 Å². The van der Waals surface area contributed by atoms with Gasteiger partial charge in [0.15, 0.2) is 0 Å². The monoisotopic (exact) mass is 280 g/mol. The number of nitrogens with zero attached hydrogens (tertiary/aromatic N) is 3. The molecule has 0 aromatic carbocycles. The third-order valence-corrected chi connectivity index (χ3v) is 3.22. The molecule has 1 rings (SSSR count). The van der Waals surface area contributed by atoms with Crippen molar-refractivity contribution in [2.24, 2.45) is 0 Å². The molecule has 114 valence electrons. The van der Waals surface area contributed by atoms with Gasteiger partial charge < -0.3 is 15.3 Å². The molecule has 0 bridgehead atoms. The summed E-state index contributed by atoms with van der Waals surface area (Å²) in [5.41, 5.74) is 1.05. The zero-order valence-electron chi connectivity index (χ0n) is 13.4. The largest absolute Gasteiger partial charge is 0.395 e. The summed E-state index contributed by atoms with van der Waals surface area (Å²) in [6, 6.07) is 0.291. The first kappa shape index (κ1) is 16.7. The normalized spacial score (nSPS) is 10.9. The van der Waals surface area contributed by atoms with Gasteiger partial charge in [-0.2, -0.15) is 0 Å².